The van der Waals surface area contributed by atoms with E-state index in [-0.39, 0.29) is 5.75 Å². The number of nitrogens with zero attached hydrogens (tertiary/aromatic N) is 2. The second-order valence-corrected chi connectivity index (χ2v) is 8.34. The van der Waals surface area contributed by atoms with Crippen LogP contribution in [0.1, 0.15) is 26.3 Å². The average Bonchev–Trinajstić information content (AvgIpc) is 2.71. The summed E-state index contributed by atoms with van der Waals surface area (Å²) < 4.78 is 7.53. The molecule has 0 aliphatic rings. The van der Waals surface area contributed by atoms with Crippen molar-refractivity contribution in [2.24, 2.45) is 5.10 Å². The Morgan fingerprint density at radius 2 is 1.72 bits per heavy atom. The standard InChI is InChI=1S/C20H12Br3N3O3/c21-15-6-13(10-25-26-19(27)14-7-16(22)11-24-9-14)18(17(23)8-15)29-20(28)12-4-2-1-3-5-12/h1-11H,(H,26,27). The normalized spacial score (nSPS) is 10.7. The summed E-state index contributed by atoms with van der Waals surface area (Å²) in [5.41, 5.74) is 3.68. The molecule has 0 atom stereocenters. The summed E-state index contributed by atoms with van der Waals surface area (Å²) in [7, 11) is 0. The summed E-state index contributed by atoms with van der Waals surface area (Å²) >= 11 is 10.0. The molecular formula is C20H12Br3N3O3. The molecule has 0 bridgehead atoms. The zero-order valence-corrected chi connectivity index (χ0v) is 19.4. The van der Waals surface area contributed by atoms with Gasteiger partial charge in [-0.1, -0.05) is 34.1 Å². The van der Waals surface area contributed by atoms with Gasteiger partial charge in [-0.2, -0.15) is 5.10 Å². The van der Waals surface area contributed by atoms with Gasteiger partial charge in [-0.15, -0.1) is 0 Å². The third-order valence-electron chi connectivity index (χ3n) is 3.58. The van der Waals surface area contributed by atoms with Crippen LogP contribution in [0, 0.1) is 0 Å². The van der Waals surface area contributed by atoms with Crippen LogP contribution in [0.15, 0.2) is 79.4 Å². The van der Waals surface area contributed by atoms with E-state index in [9.17, 15) is 9.59 Å². The molecule has 1 aromatic heterocycles. The molecule has 29 heavy (non-hydrogen) atoms. The molecule has 0 saturated heterocycles. The van der Waals surface area contributed by atoms with E-state index in [0.29, 0.717) is 25.6 Å². The van der Waals surface area contributed by atoms with Crippen molar-refractivity contribution < 1.29 is 14.3 Å². The van der Waals surface area contributed by atoms with Crippen LogP contribution in [0.25, 0.3) is 0 Å². The number of hydrogen-bond acceptors (Lipinski definition) is 5. The van der Waals surface area contributed by atoms with Crippen LogP contribution in [-0.4, -0.2) is 23.1 Å². The Kier molecular flexibility index (Phi) is 7.29. The minimum Gasteiger partial charge on any atom is -0.421 e. The number of nitrogens with one attached hydrogen (secondary N) is 1. The molecule has 3 rings (SSSR count). The monoisotopic (exact) mass is 579 g/mol. The molecule has 9 heteroatoms. The lowest BCUT2D eigenvalue weighted by atomic mass is 10.2. The zero-order valence-electron chi connectivity index (χ0n) is 14.6. The molecule has 6 nitrogen and oxygen atoms in total. The SMILES string of the molecule is O=C(NN=Cc1cc(Br)cc(Br)c1OC(=O)c1ccccc1)c1cncc(Br)c1. The van der Waals surface area contributed by atoms with Gasteiger partial charge in [-0.05, 0) is 62.2 Å². The number of ether oxygens (including phenoxy) is 1. The highest BCUT2D eigenvalue weighted by atomic mass is 79.9. The number of hydrogen-bond donors (Lipinski definition) is 1. The topological polar surface area (TPSA) is 80.6 Å². The van der Waals surface area contributed by atoms with Gasteiger partial charge in [0.15, 0.2) is 5.75 Å². The van der Waals surface area contributed by atoms with Crippen LogP contribution in [0.2, 0.25) is 0 Å². The van der Waals surface area contributed by atoms with E-state index < -0.39 is 11.9 Å². The number of aromatic nitrogens is 1. The smallest absolute Gasteiger partial charge is 0.343 e. The van der Waals surface area contributed by atoms with Gasteiger partial charge in [-0.3, -0.25) is 9.78 Å². The van der Waals surface area contributed by atoms with Crippen LogP contribution in [0.3, 0.4) is 0 Å². The highest BCUT2D eigenvalue weighted by Crippen LogP contribution is 2.32. The Morgan fingerprint density at radius 1 is 0.966 bits per heavy atom. The number of benzene rings is 2. The molecule has 2 aromatic carbocycles. The molecule has 0 fully saturated rings. The van der Waals surface area contributed by atoms with Crippen molar-refractivity contribution in [3.8, 4) is 5.75 Å². The summed E-state index contributed by atoms with van der Waals surface area (Å²) in [4.78, 5) is 28.5. The van der Waals surface area contributed by atoms with Crippen molar-refractivity contribution >= 4 is 65.9 Å². The molecule has 0 radical (unpaired) electrons. The fourth-order valence-corrected chi connectivity index (χ4v) is 3.97. The fraction of sp³-hybridized carbons (Fsp3) is 0. The van der Waals surface area contributed by atoms with E-state index in [1.54, 1.807) is 48.7 Å². The predicted octanol–water partition coefficient (Wildman–Crippen LogP) is 5.35. The average molecular weight is 582 g/mol. The van der Waals surface area contributed by atoms with Crippen molar-refractivity contribution in [2.75, 3.05) is 0 Å². The number of halogens is 3. The molecule has 1 heterocycles. The first kappa shape index (κ1) is 21.4. The van der Waals surface area contributed by atoms with Crippen molar-refractivity contribution in [3.63, 3.8) is 0 Å². The predicted molar refractivity (Wildman–Crippen MR) is 120 cm³/mol. The first-order valence-corrected chi connectivity index (χ1v) is 10.5. The van der Waals surface area contributed by atoms with Crippen LogP contribution >= 0.6 is 47.8 Å². The third-order valence-corrected chi connectivity index (χ3v) is 5.06. The molecule has 0 spiro atoms. The number of carbonyl (C=O) groups is 2. The fourth-order valence-electron chi connectivity index (χ4n) is 2.27. The lowest BCUT2D eigenvalue weighted by Gasteiger charge is -2.10. The quantitative estimate of drug-likeness (QED) is 0.191. The number of carbonyl (C=O) groups excluding carboxylic acids is 2. The molecule has 0 unspecified atom stereocenters. The minimum atomic E-state index is -0.507. The number of rotatable bonds is 5. The van der Waals surface area contributed by atoms with Gasteiger partial charge in [-0.25, -0.2) is 10.2 Å². The minimum absolute atomic E-state index is 0.282. The maximum Gasteiger partial charge on any atom is 0.343 e. The Hall–Kier alpha value is -2.36. The molecular weight excluding hydrogens is 570 g/mol. The van der Waals surface area contributed by atoms with Gasteiger partial charge in [0.2, 0.25) is 0 Å². The highest BCUT2D eigenvalue weighted by Gasteiger charge is 2.15. The Bertz CT molecular complexity index is 1090. The summed E-state index contributed by atoms with van der Waals surface area (Å²) in [5.74, 6) is -0.649. The number of esters is 1. The molecule has 0 aliphatic carbocycles. The van der Waals surface area contributed by atoms with Crippen LogP contribution < -0.4 is 10.2 Å². The van der Waals surface area contributed by atoms with E-state index in [2.05, 4.69) is 63.3 Å². The Labute approximate surface area is 191 Å². The van der Waals surface area contributed by atoms with Crippen LogP contribution in [0.4, 0.5) is 0 Å². The van der Waals surface area contributed by atoms with E-state index >= 15 is 0 Å². The summed E-state index contributed by atoms with van der Waals surface area (Å²) in [5, 5.41) is 3.97. The van der Waals surface area contributed by atoms with Crippen molar-refractivity contribution in [1.82, 2.24) is 10.4 Å². The second-order valence-electron chi connectivity index (χ2n) is 5.65. The maximum atomic E-state index is 12.4. The zero-order chi connectivity index (χ0) is 20.8. The van der Waals surface area contributed by atoms with Crippen molar-refractivity contribution in [1.29, 1.82) is 0 Å². The maximum absolute atomic E-state index is 12.4. The van der Waals surface area contributed by atoms with Gasteiger partial charge >= 0.3 is 5.97 Å². The molecule has 1 N–H and O–H groups in total. The van der Waals surface area contributed by atoms with Gasteiger partial charge in [0.1, 0.15) is 0 Å². The lowest BCUT2D eigenvalue weighted by molar-refractivity contribution is 0.0733. The summed E-state index contributed by atoms with van der Waals surface area (Å²) in [6.07, 6.45) is 4.40. The second kappa shape index (κ2) is 9.91. The van der Waals surface area contributed by atoms with Gasteiger partial charge in [0, 0.05) is 26.9 Å². The van der Waals surface area contributed by atoms with E-state index in [1.165, 1.54) is 12.4 Å². The van der Waals surface area contributed by atoms with Crippen LogP contribution in [-0.2, 0) is 0 Å². The number of pyridine rings is 1. The first-order chi connectivity index (χ1) is 13.9. The van der Waals surface area contributed by atoms with Crippen molar-refractivity contribution in [3.05, 3.63) is 91.0 Å². The van der Waals surface area contributed by atoms with Gasteiger partial charge < -0.3 is 4.74 Å². The van der Waals surface area contributed by atoms with E-state index in [0.717, 1.165) is 4.47 Å². The van der Waals surface area contributed by atoms with Crippen LogP contribution in [0.5, 0.6) is 5.75 Å². The first-order valence-electron chi connectivity index (χ1n) is 8.14. The Balaban J connectivity index is 1.80. The van der Waals surface area contributed by atoms with Gasteiger partial charge in [0.25, 0.3) is 5.91 Å². The molecule has 146 valence electrons. The number of amides is 1. The molecule has 0 aliphatic heterocycles. The number of hydrazone groups is 1. The Morgan fingerprint density at radius 3 is 2.45 bits per heavy atom. The van der Waals surface area contributed by atoms with E-state index in [4.69, 9.17) is 4.74 Å². The molecule has 1 amide bonds. The molecule has 3 aromatic rings. The highest BCUT2D eigenvalue weighted by molar-refractivity contribution is 9.11. The lowest BCUT2D eigenvalue weighted by Crippen LogP contribution is -2.18. The third kappa shape index (κ3) is 5.81. The van der Waals surface area contributed by atoms with Gasteiger partial charge in [0.05, 0.1) is 21.8 Å². The van der Waals surface area contributed by atoms with E-state index in [1.807, 2.05) is 6.07 Å². The largest absolute Gasteiger partial charge is 0.421 e. The summed E-state index contributed by atoms with van der Waals surface area (Å²) in [6, 6.07) is 13.7. The van der Waals surface area contributed by atoms with Crippen molar-refractivity contribution in [2.45, 2.75) is 0 Å². The molecule has 0 saturated carbocycles. The summed E-state index contributed by atoms with van der Waals surface area (Å²) in [6.45, 7) is 0.